The van der Waals surface area contributed by atoms with Crippen molar-refractivity contribution < 1.29 is 22.7 Å². The van der Waals surface area contributed by atoms with Crippen molar-refractivity contribution in [3.63, 3.8) is 0 Å². The maximum atomic E-state index is 12.9. The zero-order valence-corrected chi connectivity index (χ0v) is 20.7. The summed E-state index contributed by atoms with van der Waals surface area (Å²) < 4.78 is 46.1. The van der Waals surface area contributed by atoms with Crippen molar-refractivity contribution in [1.29, 1.82) is 0 Å². The number of amides is 1. The Morgan fingerprint density at radius 2 is 2.03 bits per heavy atom. The van der Waals surface area contributed by atoms with Gasteiger partial charge in [0.05, 0.1) is 36.4 Å². The molecule has 4 aromatic rings. The third-order valence-electron chi connectivity index (χ3n) is 6.97. The Kier molecular flexibility index (Phi) is 5.82. The van der Waals surface area contributed by atoms with Gasteiger partial charge in [0, 0.05) is 48.9 Å². The Bertz CT molecular complexity index is 1540. The highest BCUT2D eigenvalue weighted by Gasteiger charge is 2.58. The fraction of sp³-hybridized carbons (Fsp3) is 0.400. The fourth-order valence-corrected chi connectivity index (χ4v) is 4.87. The summed E-state index contributed by atoms with van der Waals surface area (Å²) >= 11 is 0. The van der Waals surface area contributed by atoms with Crippen molar-refractivity contribution in [3.8, 4) is 11.4 Å². The van der Waals surface area contributed by atoms with E-state index in [1.54, 1.807) is 23.8 Å². The van der Waals surface area contributed by atoms with Gasteiger partial charge in [-0.3, -0.25) is 4.79 Å². The summed E-state index contributed by atoms with van der Waals surface area (Å²) in [5.74, 6) is -2.27. The summed E-state index contributed by atoms with van der Waals surface area (Å²) in [5.41, 5.74) is 2.25. The standard InChI is InChI=1S/C25H25F3N8O2/c1-13-11-35(5-6-38-13)14-3-4-21-33-23(34-36(21)12-14)18-10-31-22(29-2)17-9-30-20(8-15(17)18)32-24(37)16-7-19(16)25(26,27)28/h3-4,8-10,12-13,16,19H,5-7,11H2,1-2H3,(H,29,31)(H,30,32,37)/t13?,16-,19+/m0/s1. The lowest BCUT2D eigenvalue weighted by molar-refractivity contribution is -0.153. The van der Waals surface area contributed by atoms with Crippen LogP contribution < -0.4 is 15.5 Å². The summed E-state index contributed by atoms with van der Waals surface area (Å²) in [6, 6.07) is 5.50. The lowest BCUT2D eigenvalue weighted by atomic mass is 10.1. The number of pyridine rings is 3. The van der Waals surface area contributed by atoms with Crippen molar-refractivity contribution >= 4 is 39.6 Å². The van der Waals surface area contributed by atoms with E-state index in [0.717, 1.165) is 18.8 Å². The van der Waals surface area contributed by atoms with Gasteiger partial charge < -0.3 is 20.3 Å². The number of carbonyl (C=O) groups is 1. The molecule has 198 valence electrons. The molecule has 1 unspecified atom stereocenters. The lowest BCUT2D eigenvalue weighted by Crippen LogP contribution is -2.41. The first-order chi connectivity index (χ1) is 18.2. The number of fused-ring (bicyclic) bond motifs is 2. The van der Waals surface area contributed by atoms with E-state index in [1.165, 1.54) is 6.20 Å². The molecule has 10 nitrogen and oxygen atoms in total. The summed E-state index contributed by atoms with van der Waals surface area (Å²) in [6.07, 6.45) is 0.610. The largest absolute Gasteiger partial charge is 0.392 e. The maximum Gasteiger partial charge on any atom is 0.392 e. The van der Waals surface area contributed by atoms with Gasteiger partial charge in [0.1, 0.15) is 11.6 Å². The van der Waals surface area contributed by atoms with Crippen LogP contribution >= 0.6 is 0 Å². The number of rotatable bonds is 5. The van der Waals surface area contributed by atoms with Gasteiger partial charge in [0.25, 0.3) is 0 Å². The van der Waals surface area contributed by atoms with Crippen molar-refractivity contribution in [3.05, 3.63) is 36.8 Å². The minimum atomic E-state index is -4.38. The second-order valence-electron chi connectivity index (χ2n) is 9.62. The van der Waals surface area contributed by atoms with Crippen LogP contribution in [-0.2, 0) is 9.53 Å². The number of carbonyl (C=O) groups excluding carboxylic acids is 1. The monoisotopic (exact) mass is 526 g/mol. The molecule has 1 saturated carbocycles. The van der Waals surface area contributed by atoms with Crippen LogP contribution in [0.2, 0.25) is 0 Å². The molecule has 1 aliphatic heterocycles. The average molecular weight is 527 g/mol. The van der Waals surface area contributed by atoms with Crippen LogP contribution in [0.4, 0.5) is 30.5 Å². The Morgan fingerprint density at radius 3 is 2.76 bits per heavy atom. The Hall–Kier alpha value is -4.00. The van der Waals surface area contributed by atoms with Crippen LogP contribution in [0.1, 0.15) is 13.3 Å². The minimum Gasteiger partial charge on any atom is -0.375 e. The molecule has 0 aromatic carbocycles. The normalized spacial score (nSPS) is 21.6. The van der Waals surface area contributed by atoms with Gasteiger partial charge in [-0.25, -0.2) is 19.5 Å². The summed E-state index contributed by atoms with van der Waals surface area (Å²) in [4.78, 5) is 28.0. The molecule has 6 rings (SSSR count). The number of ether oxygens (including phenoxy) is 1. The molecular weight excluding hydrogens is 501 g/mol. The van der Waals surface area contributed by atoms with Crippen LogP contribution in [0.5, 0.6) is 0 Å². The average Bonchev–Trinajstić information content (AvgIpc) is 3.61. The highest BCUT2D eigenvalue weighted by atomic mass is 19.4. The molecule has 38 heavy (non-hydrogen) atoms. The van der Waals surface area contributed by atoms with E-state index >= 15 is 0 Å². The second-order valence-corrected chi connectivity index (χ2v) is 9.62. The van der Waals surface area contributed by atoms with Gasteiger partial charge >= 0.3 is 6.18 Å². The number of hydrogen-bond acceptors (Lipinski definition) is 8. The number of hydrogen-bond donors (Lipinski definition) is 2. The van der Waals surface area contributed by atoms with Gasteiger partial charge in [0.15, 0.2) is 11.5 Å². The van der Waals surface area contributed by atoms with E-state index in [9.17, 15) is 18.0 Å². The van der Waals surface area contributed by atoms with E-state index in [0.29, 0.717) is 40.2 Å². The number of aromatic nitrogens is 5. The number of nitrogens with one attached hydrogen (secondary N) is 2. The van der Waals surface area contributed by atoms with Crippen LogP contribution in [0.25, 0.3) is 27.8 Å². The zero-order chi connectivity index (χ0) is 26.6. The lowest BCUT2D eigenvalue weighted by Gasteiger charge is -2.32. The number of halogens is 3. The third-order valence-corrected chi connectivity index (χ3v) is 6.97. The van der Waals surface area contributed by atoms with Crippen molar-refractivity contribution in [2.24, 2.45) is 11.8 Å². The first kappa shape index (κ1) is 24.3. The number of anilines is 3. The minimum absolute atomic E-state index is 0.136. The molecule has 5 heterocycles. The quantitative estimate of drug-likeness (QED) is 0.405. The van der Waals surface area contributed by atoms with Crippen molar-refractivity contribution in [2.75, 3.05) is 42.3 Å². The second kappa shape index (κ2) is 9.08. The molecule has 0 bridgehead atoms. The Labute approximate surface area is 215 Å². The topological polar surface area (TPSA) is 110 Å². The Balaban J connectivity index is 1.34. The smallest absolute Gasteiger partial charge is 0.375 e. The number of alkyl halides is 3. The van der Waals surface area contributed by atoms with E-state index in [-0.39, 0.29) is 18.3 Å². The first-order valence-electron chi connectivity index (χ1n) is 12.3. The molecule has 0 spiro atoms. The molecule has 3 atom stereocenters. The fourth-order valence-electron chi connectivity index (χ4n) is 4.87. The Morgan fingerprint density at radius 1 is 1.18 bits per heavy atom. The molecule has 1 saturated heterocycles. The van der Waals surface area contributed by atoms with Gasteiger partial charge in [-0.05, 0) is 31.5 Å². The molecule has 4 aromatic heterocycles. The highest BCUT2D eigenvalue weighted by Crippen LogP contribution is 2.50. The molecule has 2 N–H and O–H groups in total. The van der Waals surface area contributed by atoms with Crippen LogP contribution in [0.15, 0.2) is 36.8 Å². The van der Waals surface area contributed by atoms with E-state index in [2.05, 4.69) is 35.6 Å². The molecule has 13 heteroatoms. The molecule has 1 aliphatic carbocycles. The summed E-state index contributed by atoms with van der Waals surface area (Å²) in [7, 11) is 1.72. The number of nitrogens with zero attached hydrogens (tertiary/aromatic N) is 6. The first-order valence-corrected chi connectivity index (χ1v) is 12.3. The van der Waals surface area contributed by atoms with Gasteiger partial charge in [0.2, 0.25) is 5.91 Å². The zero-order valence-electron chi connectivity index (χ0n) is 20.7. The molecular formula is C25H25F3N8O2. The van der Waals surface area contributed by atoms with Crippen LogP contribution in [0.3, 0.4) is 0 Å². The molecule has 1 amide bonds. The SMILES string of the molecule is CNc1ncc(-c2nc3ccc(N4CCOC(C)C4)cn3n2)c2cc(NC(=O)[C@H]3C[C@H]3C(F)(F)F)ncc12. The maximum absolute atomic E-state index is 12.9. The summed E-state index contributed by atoms with van der Waals surface area (Å²) in [5, 5.41) is 11.5. The predicted octanol–water partition coefficient (Wildman–Crippen LogP) is 3.74. The predicted molar refractivity (Wildman–Crippen MR) is 135 cm³/mol. The van der Waals surface area contributed by atoms with Crippen LogP contribution in [-0.4, -0.2) is 69.5 Å². The van der Waals surface area contributed by atoms with Gasteiger partial charge in [-0.15, -0.1) is 5.10 Å². The van der Waals surface area contributed by atoms with Crippen molar-refractivity contribution in [1.82, 2.24) is 24.6 Å². The van der Waals surface area contributed by atoms with E-state index in [1.807, 2.05) is 25.3 Å². The van der Waals surface area contributed by atoms with Crippen LogP contribution in [0, 0.1) is 11.8 Å². The summed E-state index contributed by atoms with van der Waals surface area (Å²) in [6.45, 7) is 4.25. The van der Waals surface area contributed by atoms with Gasteiger partial charge in [-0.1, -0.05) is 0 Å². The van der Waals surface area contributed by atoms with E-state index < -0.39 is 23.9 Å². The van der Waals surface area contributed by atoms with E-state index in [4.69, 9.17) is 4.74 Å². The molecule has 2 fully saturated rings. The number of morpholine rings is 1. The van der Waals surface area contributed by atoms with Crippen molar-refractivity contribution in [2.45, 2.75) is 25.6 Å². The third kappa shape index (κ3) is 4.46. The van der Waals surface area contributed by atoms with Gasteiger partial charge in [-0.2, -0.15) is 13.2 Å². The molecule has 0 radical (unpaired) electrons. The molecule has 2 aliphatic rings. The highest BCUT2D eigenvalue weighted by molar-refractivity contribution is 6.03.